The minimum Gasteiger partial charge on any atom is -1.00 e. The second-order valence-electron chi connectivity index (χ2n) is 6.90. The molecule has 0 fully saturated rings. The zero-order valence-electron chi connectivity index (χ0n) is 15.9. The number of nitrogens with zero attached hydrogens (tertiary/aromatic N) is 1. The third kappa shape index (κ3) is 2.92. The lowest BCUT2D eigenvalue weighted by Crippen LogP contribution is -3.00. The van der Waals surface area contributed by atoms with E-state index in [2.05, 4.69) is 84.5 Å². The summed E-state index contributed by atoms with van der Waals surface area (Å²) in [5.74, 6) is 0. The number of nitrogens with one attached hydrogen (secondary N) is 1. The van der Waals surface area contributed by atoms with Crippen LogP contribution in [0.3, 0.4) is 0 Å². The van der Waals surface area contributed by atoms with Crippen LogP contribution in [0.25, 0.3) is 33.0 Å². The van der Waals surface area contributed by atoms with Gasteiger partial charge in [0.15, 0.2) is 0 Å². The molecule has 1 N–H and O–H groups in total. The molecule has 0 aliphatic rings. The molecule has 28 heavy (non-hydrogen) atoms. The summed E-state index contributed by atoms with van der Waals surface area (Å²) < 4.78 is 8.53. The van der Waals surface area contributed by atoms with Crippen molar-refractivity contribution >= 4 is 44.3 Å². The molecule has 0 atom stereocenters. The minimum absolute atomic E-state index is 0. The predicted molar refractivity (Wildman–Crippen MR) is 112 cm³/mol. The van der Waals surface area contributed by atoms with E-state index < -0.39 is 0 Å². The maximum Gasteiger partial charge on any atom is 0.261 e. The van der Waals surface area contributed by atoms with Crippen LogP contribution in [-0.4, -0.2) is 0 Å². The van der Waals surface area contributed by atoms with Gasteiger partial charge in [0.1, 0.15) is 18.3 Å². The van der Waals surface area contributed by atoms with Gasteiger partial charge in [-0.15, -0.1) is 0 Å². The molecule has 3 aromatic carbocycles. The van der Waals surface area contributed by atoms with Gasteiger partial charge in [-0.3, -0.25) is 0 Å². The Hall–Kier alpha value is -2.60. The number of halogens is 1. The molecular formula is C24H21IN2O. The van der Waals surface area contributed by atoms with Crippen LogP contribution in [0.1, 0.15) is 12.5 Å². The van der Waals surface area contributed by atoms with Gasteiger partial charge in [0.2, 0.25) is 11.1 Å². The zero-order valence-corrected chi connectivity index (χ0v) is 18.0. The molecule has 4 heteroatoms. The van der Waals surface area contributed by atoms with Crippen LogP contribution < -0.4 is 33.9 Å². The Bertz CT molecular complexity index is 1290. The normalized spacial score (nSPS) is 11.1. The fraction of sp³-hybridized carbons (Fsp3) is 0.125. The molecule has 0 aliphatic heterocycles. The van der Waals surface area contributed by atoms with Crippen molar-refractivity contribution in [2.75, 3.05) is 5.32 Å². The number of anilines is 2. The molecule has 0 amide bonds. The highest BCUT2D eigenvalue weighted by Crippen LogP contribution is 2.37. The van der Waals surface area contributed by atoms with Crippen molar-refractivity contribution in [1.29, 1.82) is 0 Å². The summed E-state index contributed by atoms with van der Waals surface area (Å²) in [6.45, 7) is 2.17. The highest BCUT2D eigenvalue weighted by atomic mass is 127. The lowest BCUT2D eigenvalue weighted by Gasteiger charge is -2.10. The summed E-state index contributed by atoms with van der Waals surface area (Å²) in [5, 5.41) is 5.90. The highest BCUT2D eigenvalue weighted by molar-refractivity contribution is 6.11. The molecule has 0 unspecified atom stereocenters. The Morgan fingerprint density at radius 3 is 2.29 bits per heavy atom. The van der Waals surface area contributed by atoms with Gasteiger partial charge in [-0.25, -0.2) is 0 Å². The van der Waals surface area contributed by atoms with E-state index in [4.69, 9.17) is 4.42 Å². The van der Waals surface area contributed by atoms with Crippen molar-refractivity contribution in [2.24, 2.45) is 7.05 Å². The molecule has 0 spiro atoms. The zero-order chi connectivity index (χ0) is 18.4. The van der Waals surface area contributed by atoms with Crippen molar-refractivity contribution in [3.63, 3.8) is 0 Å². The standard InChI is InChI=1S/C24H20N2O.HI/c1-3-16-12-14-17(15-13-16)25-22-18-8-4-6-10-20(18)26(2)23-19-9-5-7-11-21(19)27-24(22)23;/h4-15H,3H2,1-2H3;1H. The Labute approximate surface area is 181 Å². The fourth-order valence-electron chi connectivity index (χ4n) is 3.85. The van der Waals surface area contributed by atoms with Crippen molar-refractivity contribution in [3.05, 3.63) is 78.4 Å². The lowest BCUT2D eigenvalue weighted by atomic mass is 10.1. The van der Waals surface area contributed by atoms with Crippen LogP contribution in [0.5, 0.6) is 0 Å². The highest BCUT2D eigenvalue weighted by Gasteiger charge is 2.24. The molecule has 2 aromatic heterocycles. The smallest absolute Gasteiger partial charge is 0.261 e. The van der Waals surface area contributed by atoms with E-state index in [1.807, 2.05) is 12.1 Å². The third-order valence-corrected chi connectivity index (χ3v) is 5.30. The van der Waals surface area contributed by atoms with Gasteiger partial charge in [0, 0.05) is 11.8 Å². The summed E-state index contributed by atoms with van der Waals surface area (Å²) in [4.78, 5) is 0. The summed E-state index contributed by atoms with van der Waals surface area (Å²) in [6, 6.07) is 25.3. The van der Waals surface area contributed by atoms with Crippen LogP contribution in [0, 0.1) is 0 Å². The maximum absolute atomic E-state index is 6.31. The number of para-hydroxylation sites is 2. The number of hydrogen-bond acceptors (Lipinski definition) is 2. The monoisotopic (exact) mass is 480 g/mol. The summed E-state index contributed by atoms with van der Waals surface area (Å²) in [6.07, 6.45) is 1.04. The van der Waals surface area contributed by atoms with Crippen molar-refractivity contribution in [3.8, 4) is 0 Å². The molecule has 2 heterocycles. The molecule has 5 rings (SSSR count). The van der Waals surface area contributed by atoms with Crippen LogP contribution in [0.4, 0.5) is 11.4 Å². The first kappa shape index (κ1) is 18.7. The topological polar surface area (TPSA) is 29.1 Å². The van der Waals surface area contributed by atoms with E-state index in [0.29, 0.717) is 0 Å². The predicted octanol–water partition coefficient (Wildman–Crippen LogP) is 2.87. The van der Waals surface area contributed by atoms with Gasteiger partial charge in [-0.05, 0) is 42.3 Å². The van der Waals surface area contributed by atoms with Gasteiger partial charge in [0.05, 0.1) is 10.8 Å². The first-order valence-electron chi connectivity index (χ1n) is 9.34. The fourth-order valence-corrected chi connectivity index (χ4v) is 3.85. The number of aryl methyl sites for hydroxylation is 2. The van der Waals surface area contributed by atoms with E-state index in [0.717, 1.165) is 45.3 Å². The van der Waals surface area contributed by atoms with Gasteiger partial charge in [0.25, 0.3) is 5.52 Å². The molecule has 0 radical (unpaired) electrons. The van der Waals surface area contributed by atoms with Crippen LogP contribution >= 0.6 is 0 Å². The first-order valence-corrected chi connectivity index (χ1v) is 9.34. The molecule has 3 nitrogen and oxygen atoms in total. The number of fused-ring (bicyclic) bond motifs is 4. The van der Waals surface area contributed by atoms with E-state index in [1.54, 1.807) is 0 Å². The number of pyridine rings is 1. The van der Waals surface area contributed by atoms with E-state index >= 15 is 0 Å². The number of hydrogen-bond donors (Lipinski definition) is 1. The Balaban J connectivity index is 0.00000192. The van der Waals surface area contributed by atoms with Crippen molar-refractivity contribution in [1.82, 2.24) is 0 Å². The molecule has 140 valence electrons. The van der Waals surface area contributed by atoms with Crippen LogP contribution in [0.15, 0.2) is 77.2 Å². The van der Waals surface area contributed by atoms with E-state index in [-0.39, 0.29) is 24.0 Å². The van der Waals surface area contributed by atoms with Crippen LogP contribution in [-0.2, 0) is 13.5 Å². The number of benzene rings is 3. The lowest BCUT2D eigenvalue weighted by molar-refractivity contribution is -0.616. The molecular weight excluding hydrogens is 459 g/mol. The quantitative estimate of drug-likeness (QED) is 0.318. The van der Waals surface area contributed by atoms with Crippen molar-refractivity contribution in [2.45, 2.75) is 13.3 Å². The SMILES string of the molecule is CCc1ccc(Nc2c3ccccc3[n+](C)c3c2oc2ccccc23)cc1.[I-]. The van der Waals surface area contributed by atoms with Crippen molar-refractivity contribution < 1.29 is 33.0 Å². The summed E-state index contributed by atoms with van der Waals surface area (Å²) in [5.41, 5.74) is 7.48. The molecule has 0 saturated heterocycles. The Kier molecular flexibility index (Phi) is 4.98. The summed E-state index contributed by atoms with van der Waals surface area (Å²) in [7, 11) is 2.10. The average Bonchev–Trinajstić information content (AvgIpc) is 3.11. The molecule has 0 saturated carbocycles. The van der Waals surface area contributed by atoms with Gasteiger partial charge < -0.3 is 33.7 Å². The molecule has 0 aliphatic carbocycles. The van der Waals surface area contributed by atoms with Gasteiger partial charge in [-0.1, -0.05) is 43.3 Å². The van der Waals surface area contributed by atoms with Gasteiger partial charge in [-0.2, -0.15) is 4.57 Å². The first-order chi connectivity index (χ1) is 13.3. The number of furan rings is 1. The second-order valence-corrected chi connectivity index (χ2v) is 6.90. The largest absolute Gasteiger partial charge is 1.00 e. The third-order valence-electron chi connectivity index (χ3n) is 5.30. The Morgan fingerprint density at radius 1 is 0.857 bits per heavy atom. The van der Waals surface area contributed by atoms with E-state index in [1.165, 1.54) is 11.1 Å². The number of aromatic nitrogens is 1. The van der Waals surface area contributed by atoms with E-state index in [9.17, 15) is 0 Å². The van der Waals surface area contributed by atoms with Gasteiger partial charge >= 0.3 is 0 Å². The Morgan fingerprint density at radius 2 is 1.54 bits per heavy atom. The van der Waals surface area contributed by atoms with Crippen LogP contribution in [0.2, 0.25) is 0 Å². The summed E-state index contributed by atoms with van der Waals surface area (Å²) >= 11 is 0. The second kappa shape index (κ2) is 7.43. The minimum atomic E-state index is 0. The maximum atomic E-state index is 6.31. The molecule has 5 aromatic rings. The number of rotatable bonds is 3. The average molecular weight is 480 g/mol. The molecule has 0 bridgehead atoms.